The number of hydrogen-bond acceptors (Lipinski definition) is 3. The summed E-state index contributed by atoms with van der Waals surface area (Å²) in [5.41, 5.74) is 1.69. The largest absolute Gasteiger partial charge is 0.382 e. The first-order valence-corrected chi connectivity index (χ1v) is 6.56. The van der Waals surface area contributed by atoms with E-state index in [0.29, 0.717) is 31.9 Å². The van der Waals surface area contributed by atoms with Gasteiger partial charge in [0.2, 0.25) is 0 Å². The van der Waals surface area contributed by atoms with Crippen molar-refractivity contribution >= 4 is 21.8 Å². The quantitative estimate of drug-likeness (QED) is 0.784. The number of benzene rings is 1. The summed E-state index contributed by atoms with van der Waals surface area (Å²) >= 11 is 3.42. The Kier molecular flexibility index (Phi) is 6.93. The van der Waals surface area contributed by atoms with Crippen LogP contribution in [-0.2, 0) is 9.47 Å². The first-order chi connectivity index (χ1) is 8.66. The van der Waals surface area contributed by atoms with Crippen molar-refractivity contribution in [2.45, 2.75) is 6.92 Å². The van der Waals surface area contributed by atoms with Crippen LogP contribution in [-0.4, -0.2) is 39.4 Å². The number of halogens is 1. The Hall–Kier alpha value is -0.910. The lowest BCUT2D eigenvalue weighted by molar-refractivity contribution is 0.0692. The molecule has 0 heterocycles. The molecular formula is C13H18BrNO3. The highest BCUT2D eigenvalue weighted by Crippen LogP contribution is 2.20. The summed E-state index contributed by atoms with van der Waals surface area (Å²) in [6.45, 7) is 4.04. The highest BCUT2D eigenvalue weighted by atomic mass is 79.9. The summed E-state index contributed by atoms with van der Waals surface area (Å²) in [5, 5.41) is 2.81. The first kappa shape index (κ1) is 15.1. The molecule has 1 N–H and O–H groups in total. The third kappa shape index (κ3) is 4.76. The highest BCUT2D eigenvalue weighted by Gasteiger charge is 2.10. The molecule has 0 aromatic heterocycles. The lowest BCUT2D eigenvalue weighted by Gasteiger charge is -2.08. The van der Waals surface area contributed by atoms with Crippen molar-refractivity contribution in [1.29, 1.82) is 0 Å². The molecule has 0 saturated heterocycles. The summed E-state index contributed by atoms with van der Waals surface area (Å²) in [7, 11) is 1.63. The number of nitrogens with one attached hydrogen (secondary N) is 1. The summed E-state index contributed by atoms with van der Waals surface area (Å²) in [6, 6.07) is 5.61. The van der Waals surface area contributed by atoms with Crippen molar-refractivity contribution in [3.63, 3.8) is 0 Å². The molecule has 5 heteroatoms. The lowest BCUT2D eigenvalue weighted by Crippen LogP contribution is -2.28. The Balaban J connectivity index is 2.35. The second-order valence-electron chi connectivity index (χ2n) is 3.80. The Morgan fingerprint density at radius 3 is 2.83 bits per heavy atom. The minimum atomic E-state index is -0.0964. The van der Waals surface area contributed by atoms with Crippen molar-refractivity contribution in [2.24, 2.45) is 0 Å². The van der Waals surface area contributed by atoms with Crippen LogP contribution < -0.4 is 5.32 Å². The van der Waals surface area contributed by atoms with Gasteiger partial charge >= 0.3 is 0 Å². The average Bonchev–Trinajstić information content (AvgIpc) is 2.36. The van der Waals surface area contributed by atoms with E-state index in [-0.39, 0.29) is 5.91 Å². The number of carbonyl (C=O) groups excluding carboxylic acids is 1. The van der Waals surface area contributed by atoms with E-state index in [0.717, 1.165) is 10.0 Å². The van der Waals surface area contributed by atoms with Crippen molar-refractivity contribution in [1.82, 2.24) is 5.32 Å². The van der Waals surface area contributed by atoms with Gasteiger partial charge in [0.15, 0.2) is 0 Å². The number of hydrogen-bond donors (Lipinski definition) is 1. The van der Waals surface area contributed by atoms with Crippen LogP contribution >= 0.6 is 15.9 Å². The molecule has 1 amide bonds. The monoisotopic (exact) mass is 315 g/mol. The molecule has 0 radical (unpaired) electrons. The van der Waals surface area contributed by atoms with Crippen LogP contribution in [0.5, 0.6) is 0 Å². The van der Waals surface area contributed by atoms with Crippen LogP contribution in [0.2, 0.25) is 0 Å². The number of rotatable bonds is 7. The van der Waals surface area contributed by atoms with Crippen LogP contribution in [0, 0.1) is 6.92 Å². The van der Waals surface area contributed by atoms with Crippen molar-refractivity contribution < 1.29 is 14.3 Å². The molecule has 1 aromatic carbocycles. The van der Waals surface area contributed by atoms with Gasteiger partial charge in [-0.05, 0) is 34.5 Å². The third-order valence-corrected chi connectivity index (χ3v) is 3.45. The topological polar surface area (TPSA) is 47.6 Å². The summed E-state index contributed by atoms with van der Waals surface area (Å²) < 4.78 is 10.9. The molecular weight excluding hydrogens is 298 g/mol. The number of ether oxygens (including phenoxy) is 2. The van der Waals surface area contributed by atoms with Gasteiger partial charge in [0, 0.05) is 18.1 Å². The summed E-state index contributed by atoms with van der Waals surface area (Å²) in [5.74, 6) is -0.0964. The van der Waals surface area contributed by atoms with Gasteiger partial charge in [-0.15, -0.1) is 0 Å². The van der Waals surface area contributed by atoms with E-state index < -0.39 is 0 Å². The fraction of sp³-hybridized carbons (Fsp3) is 0.462. The molecule has 1 rings (SSSR count). The van der Waals surface area contributed by atoms with Crippen LogP contribution in [0.1, 0.15) is 15.9 Å². The van der Waals surface area contributed by atoms with Gasteiger partial charge in [0.1, 0.15) is 0 Å². The molecule has 0 fully saturated rings. The van der Waals surface area contributed by atoms with E-state index in [1.165, 1.54) is 0 Å². The van der Waals surface area contributed by atoms with E-state index in [9.17, 15) is 4.79 Å². The molecule has 100 valence electrons. The van der Waals surface area contributed by atoms with Gasteiger partial charge in [0.25, 0.3) is 5.91 Å². The standard InChI is InChI=1S/C13H18BrNO3/c1-10-4-3-5-11(12(10)14)13(16)15-6-7-18-9-8-17-2/h3-5H,6-9H2,1-2H3,(H,15,16). The fourth-order valence-electron chi connectivity index (χ4n) is 1.40. The zero-order valence-electron chi connectivity index (χ0n) is 10.7. The maximum Gasteiger partial charge on any atom is 0.252 e. The molecule has 0 aliphatic carbocycles. The van der Waals surface area contributed by atoms with Gasteiger partial charge in [-0.3, -0.25) is 4.79 Å². The zero-order valence-corrected chi connectivity index (χ0v) is 12.2. The maximum absolute atomic E-state index is 11.9. The van der Waals surface area contributed by atoms with Crippen LogP contribution in [0.4, 0.5) is 0 Å². The Morgan fingerprint density at radius 1 is 1.33 bits per heavy atom. The minimum absolute atomic E-state index is 0.0964. The summed E-state index contributed by atoms with van der Waals surface area (Å²) in [4.78, 5) is 11.9. The zero-order chi connectivity index (χ0) is 13.4. The predicted octanol–water partition coefficient (Wildman–Crippen LogP) is 2.15. The predicted molar refractivity (Wildman–Crippen MR) is 73.9 cm³/mol. The van der Waals surface area contributed by atoms with Crippen molar-refractivity contribution in [3.05, 3.63) is 33.8 Å². The Labute approximate surface area is 116 Å². The SMILES string of the molecule is COCCOCCNC(=O)c1cccc(C)c1Br. The number of aryl methyl sites for hydroxylation is 1. The van der Waals surface area contributed by atoms with E-state index in [2.05, 4.69) is 21.2 Å². The second-order valence-corrected chi connectivity index (χ2v) is 4.59. The molecule has 0 unspecified atom stereocenters. The highest BCUT2D eigenvalue weighted by molar-refractivity contribution is 9.10. The Bertz CT molecular complexity index is 396. The molecule has 0 spiro atoms. The van der Waals surface area contributed by atoms with E-state index >= 15 is 0 Å². The summed E-state index contributed by atoms with van der Waals surface area (Å²) in [6.07, 6.45) is 0. The van der Waals surface area contributed by atoms with Crippen LogP contribution in [0.25, 0.3) is 0 Å². The smallest absolute Gasteiger partial charge is 0.252 e. The molecule has 0 aliphatic heterocycles. The van der Waals surface area contributed by atoms with E-state index in [4.69, 9.17) is 9.47 Å². The minimum Gasteiger partial charge on any atom is -0.382 e. The lowest BCUT2D eigenvalue weighted by atomic mass is 10.1. The molecule has 18 heavy (non-hydrogen) atoms. The maximum atomic E-state index is 11.9. The van der Waals surface area contributed by atoms with Crippen LogP contribution in [0.3, 0.4) is 0 Å². The van der Waals surface area contributed by atoms with Gasteiger partial charge in [-0.1, -0.05) is 12.1 Å². The molecule has 0 atom stereocenters. The van der Waals surface area contributed by atoms with Crippen molar-refractivity contribution in [3.8, 4) is 0 Å². The Morgan fingerprint density at radius 2 is 2.11 bits per heavy atom. The van der Waals surface area contributed by atoms with Gasteiger partial charge in [-0.2, -0.15) is 0 Å². The van der Waals surface area contributed by atoms with Crippen LogP contribution in [0.15, 0.2) is 22.7 Å². The van der Waals surface area contributed by atoms with Gasteiger partial charge in [0.05, 0.1) is 25.4 Å². The third-order valence-electron chi connectivity index (χ3n) is 2.40. The molecule has 0 aliphatic rings. The number of methoxy groups -OCH3 is 1. The fourth-order valence-corrected chi connectivity index (χ4v) is 1.84. The number of carbonyl (C=O) groups is 1. The first-order valence-electron chi connectivity index (χ1n) is 5.76. The molecule has 0 saturated carbocycles. The van der Waals surface area contributed by atoms with Crippen molar-refractivity contribution in [2.75, 3.05) is 33.5 Å². The van der Waals surface area contributed by atoms with E-state index in [1.54, 1.807) is 13.2 Å². The molecule has 1 aromatic rings. The molecule has 4 nitrogen and oxygen atoms in total. The van der Waals surface area contributed by atoms with Gasteiger partial charge in [-0.25, -0.2) is 0 Å². The second kappa shape index (κ2) is 8.24. The van der Waals surface area contributed by atoms with E-state index in [1.807, 2.05) is 19.1 Å². The number of amides is 1. The average molecular weight is 316 g/mol. The van der Waals surface area contributed by atoms with Gasteiger partial charge < -0.3 is 14.8 Å². The normalized spacial score (nSPS) is 10.4. The molecule has 0 bridgehead atoms.